The number of carbonyl (C=O) groups is 3. The largest absolute Gasteiger partial charge is 0.466 e. The fourth-order valence-electron chi connectivity index (χ4n) is 6.67. The van der Waals surface area contributed by atoms with E-state index in [9.17, 15) is 19.2 Å². The summed E-state index contributed by atoms with van der Waals surface area (Å²) in [5.41, 5.74) is 1.05. The average molecular weight is 486 g/mol. The number of carbonyl (C=O) groups excluding carboxylic acids is 3. The van der Waals surface area contributed by atoms with Crippen LogP contribution in [0.3, 0.4) is 0 Å². The Morgan fingerprint density at radius 1 is 1.24 bits per heavy atom. The van der Waals surface area contributed by atoms with E-state index in [0.29, 0.717) is 0 Å². The highest BCUT2D eigenvalue weighted by Crippen LogP contribution is 2.68. The number of H-pyrrole nitrogens is 1. The molecule has 0 spiro atoms. The van der Waals surface area contributed by atoms with Crippen molar-refractivity contribution in [2.45, 2.75) is 36.0 Å². The van der Waals surface area contributed by atoms with Crippen LogP contribution in [0.1, 0.15) is 36.1 Å². The number of amides is 2. The van der Waals surface area contributed by atoms with Gasteiger partial charge in [-0.05, 0) is 42.7 Å². The van der Waals surface area contributed by atoms with Crippen molar-refractivity contribution in [2.75, 3.05) is 13.2 Å². The lowest BCUT2D eigenvalue weighted by Gasteiger charge is -2.42. The maximum absolute atomic E-state index is 13.4. The average Bonchev–Trinajstić information content (AvgIpc) is 3.52. The van der Waals surface area contributed by atoms with E-state index in [2.05, 4.69) is 9.97 Å². The molecule has 4 heterocycles. The summed E-state index contributed by atoms with van der Waals surface area (Å²) in [6.45, 7) is 2.09. The van der Waals surface area contributed by atoms with Crippen LogP contribution in [0.25, 0.3) is 0 Å². The minimum absolute atomic E-state index is 0.0173. The number of rotatable bonds is 5. The van der Waals surface area contributed by atoms with E-state index in [1.165, 1.54) is 16.2 Å². The quantitative estimate of drug-likeness (QED) is 0.511. The van der Waals surface area contributed by atoms with Gasteiger partial charge in [0, 0.05) is 35.0 Å². The zero-order valence-electron chi connectivity index (χ0n) is 17.9. The number of likely N-dealkylation sites (tertiary alicyclic amines) is 1. The molecule has 7 atom stereocenters. The molecule has 0 unspecified atom stereocenters. The highest BCUT2D eigenvalue weighted by atomic mass is 32.2. The number of imide groups is 1. The molecule has 2 aromatic heterocycles. The molecule has 0 radical (unpaired) electrons. The maximum Gasteiger partial charge on any atom is 0.307 e. The normalized spacial score (nSPS) is 33.7. The maximum atomic E-state index is 13.4. The Morgan fingerprint density at radius 3 is 2.76 bits per heavy atom. The molecule has 2 aliphatic carbocycles. The first-order chi connectivity index (χ1) is 16.0. The molecule has 6 rings (SSSR count). The minimum atomic E-state index is -0.396. The van der Waals surface area contributed by atoms with Gasteiger partial charge in [0.15, 0.2) is 0 Å². The number of hydrogen-bond acceptors (Lipinski definition) is 8. The number of fused-ring (bicyclic) bond motifs is 9. The van der Waals surface area contributed by atoms with Crippen LogP contribution < -0.4 is 4.87 Å². The van der Waals surface area contributed by atoms with Gasteiger partial charge in [-0.2, -0.15) is 0 Å². The van der Waals surface area contributed by atoms with Crippen LogP contribution in [-0.2, 0) is 19.1 Å². The van der Waals surface area contributed by atoms with Gasteiger partial charge in [0.1, 0.15) is 0 Å². The first kappa shape index (κ1) is 21.1. The summed E-state index contributed by atoms with van der Waals surface area (Å²) in [6, 6.07) is 3.94. The molecular weight excluding hydrogens is 462 g/mol. The van der Waals surface area contributed by atoms with Crippen molar-refractivity contribution in [1.82, 2.24) is 14.9 Å². The number of ether oxygens (including phenoxy) is 1. The van der Waals surface area contributed by atoms with Crippen molar-refractivity contribution >= 4 is 40.9 Å². The van der Waals surface area contributed by atoms with Gasteiger partial charge in [0.2, 0.25) is 11.8 Å². The second-order valence-corrected chi connectivity index (χ2v) is 11.3. The van der Waals surface area contributed by atoms with Crippen LogP contribution in [0, 0.1) is 29.6 Å². The number of nitrogens with zero attached hydrogens (tertiary/aromatic N) is 2. The van der Waals surface area contributed by atoms with Crippen LogP contribution in [0.4, 0.5) is 0 Å². The number of aromatic amines is 1. The number of aromatic nitrogens is 2. The number of pyridine rings is 1. The van der Waals surface area contributed by atoms with Crippen LogP contribution in [0.5, 0.6) is 0 Å². The lowest BCUT2D eigenvalue weighted by Crippen LogP contribution is -2.42. The molecule has 2 saturated carbocycles. The minimum Gasteiger partial charge on any atom is -0.466 e. The van der Waals surface area contributed by atoms with Crippen LogP contribution >= 0.6 is 23.1 Å². The molecule has 2 bridgehead atoms. The molecular formula is C23H23N3O5S2. The van der Waals surface area contributed by atoms with Gasteiger partial charge in [-0.3, -0.25) is 29.1 Å². The van der Waals surface area contributed by atoms with Gasteiger partial charge in [0.05, 0.1) is 29.9 Å². The molecule has 0 aromatic carbocycles. The number of nitrogens with one attached hydrogen (secondary N) is 1. The van der Waals surface area contributed by atoms with Crippen molar-refractivity contribution < 1.29 is 19.1 Å². The predicted molar refractivity (Wildman–Crippen MR) is 121 cm³/mol. The van der Waals surface area contributed by atoms with Crippen LogP contribution in [0.15, 0.2) is 34.3 Å². The third kappa shape index (κ3) is 3.06. The van der Waals surface area contributed by atoms with Crippen LogP contribution in [-0.4, -0.2) is 51.1 Å². The first-order valence-electron chi connectivity index (χ1n) is 11.3. The van der Waals surface area contributed by atoms with Gasteiger partial charge in [0.25, 0.3) is 0 Å². The van der Waals surface area contributed by atoms with Crippen molar-refractivity contribution in [2.24, 2.45) is 29.6 Å². The molecule has 172 valence electrons. The number of thiazole rings is 1. The van der Waals surface area contributed by atoms with E-state index in [0.717, 1.165) is 21.9 Å². The van der Waals surface area contributed by atoms with Gasteiger partial charge >= 0.3 is 10.8 Å². The summed E-state index contributed by atoms with van der Waals surface area (Å²) in [4.78, 5) is 60.3. The van der Waals surface area contributed by atoms with Gasteiger partial charge in [-0.1, -0.05) is 17.4 Å². The fourth-order valence-corrected chi connectivity index (χ4v) is 9.56. The molecule has 2 aliphatic heterocycles. The lowest BCUT2D eigenvalue weighted by molar-refractivity contribution is -0.145. The Labute approximate surface area is 198 Å². The summed E-state index contributed by atoms with van der Waals surface area (Å²) in [5, 5.41) is 1.04. The van der Waals surface area contributed by atoms with Crippen LogP contribution in [0.2, 0.25) is 0 Å². The molecule has 8 nitrogen and oxygen atoms in total. The van der Waals surface area contributed by atoms with Crippen molar-refractivity contribution in [3.05, 3.63) is 44.6 Å². The van der Waals surface area contributed by atoms with E-state index in [4.69, 9.17) is 4.74 Å². The molecule has 2 amide bonds. The molecule has 10 heteroatoms. The standard InChI is InChI=1S/C23H23N3O5S2/c1-2-31-13(27)5-7-26-21(28)16-11-8-12(17(16)22(26)29)18-15(11)14(10-4-3-6-24-9-10)19-20(32-18)25-23(30)33-19/h3-4,6,9,11-12,14-18H,2,5,7-8H2,1H3,(H,25,30)/t11-,12+,14+,15+,16+,17+,18-/m1/s1. The summed E-state index contributed by atoms with van der Waals surface area (Å²) < 4.78 is 4.97. The SMILES string of the molecule is CCOC(=O)CCN1C(=O)[C@H]2[C@@H]3C[C@@H]([C@@H]2C1=O)[C@H]1[C@H](c2cccnc2)c2sc(=O)[nH]c2S[C@H]31. The highest BCUT2D eigenvalue weighted by molar-refractivity contribution is 8.00. The zero-order chi connectivity index (χ0) is 22.9. The monoisotopic (exact) mass is 485 g/mol. The smallest absolute Gasteiger partial charge is 0.307 e. The van der Waals surface area contributed by atoms with E-state index in [-0.39, 0.29) is 77.0 Å². The third-order valence-electron chi connectivity index (χ3n) is 7.70. The van der Waals surface area contributed by atoms with Gasteiger partial charge in [-0.15, -0.1) is 11.8 Å². The van der Waals surface area contributed by atoms with E-state index in [1.54, 1.807) is 24.9 Å². The zero-order valence-corrected chi connectivity index (χ0v) is 19.6. The van der Waals surface area contributed by atoms with Crippen molar-refractivity contribution in [3.63, 3.8) is 0 Å². The van der Waals surface area contributed by atoms with Gasteiger partial charge in [-0.25, -0.2) is 0 Å². The van der Waals surface area contributed by atoms with E-state index >= 15 is 0 Å². The van der Waals surface area contributed by atoms with E-state index < -0.39 is 5.97 Å². The summed E-state index contributed by atoms with van der Waals surface area (Å²) in [6.07, 6.45) is 4.45. The summed E-state index contributed by atoms with van der Waals surface area (Å²) in [7, 11) is 0. The number of hydrogen-bond donors (Lipinski definition) is 1. The second-order valence-electron chi connectivity index (χ2n) is 9.13. The number of thioether (sulfide) groups is 1. The Balaban J connectivity index is 1.34. The van der Waals surface area contributed by atoms with E-state index in [1.807, 2.05) is 18.3 Å². The first-order valence-corrected chi connectivity index (χ1v) is 13.0. The Bertz CT molecular complexity index is 1190. The number of esters is 1. The molecule has 4 aliphatic rings. The third-order valence-corrected chi connectivity index (χ3v) is 10.3. The Hall–Kier alpha value is -2.46. The second kappa shape index (κ2) is 7.80. The predicted octanol–water partition coefficient (Wildman–Crippen LogP) is 2.26. The molecule has 2 aromatic rings. The molecule has 1 saturated heterocycles. The highest BCUT2D eigenvalue weighted by Gasteiger charge is 2.69. The lowest BCUT2D eigenvalue weighted by atomic mass is 9.68. The fraction of sp³-hybridized carbons (Fsp3) is 0.522. The topological polar surface area (TPSA) is 109 Å². The Kier molecular flexibility index (Phi) is 4.99. The molecule has 33 heavy (non-hydrogen) atoms. The summed E-state index contributed by atoms with van der Waals surface area (Å²) >= 11 is 2.91. The van der Waals surface area contributed by atoms with Crippen molar-refractivity contribution in [3.8, 4) is 0 Å². The molecule has 3 fully saturated rings. The summed E-state index contributed by atoms with van der Waals surface area (Å²) in [5.74, 6) is -1.09. The van der Waals surface area contributed by atoms with Gasteiger partial charge < -0.3 is 9.72 Å². The molecule has 1 N–H and O–H groups in total. The Morgan fingerprint density at radius 2 is 2.03 bits per heavy atom. The van der Waals surface area contributed by atoms with Crippen molar-refractivity contribution in [1.29, 1.82) is 0 Å².